The lowest BCUT2D eigenvalue weighted by Crippen LogP contribution is -2.36. The summed E-state index contributed by atoms with van der Waals surface area (Å²) >= 11 is 0. The lowest BCUT2D eigenvalue weighted by molar-refractivity contribution is 0.0173. The second-order valence-electron chi connectivity index (χ2n) is 5.59. The fourth-order valence-corrected chi connectivity index (χ4v) is 1.53. The Morgan fingerprint density at radius 3 is 2.45 bits per heavy atom. The molecule has 1 aromatic rings. The number of hydrogen-bond donors (Lipinski definition) is 1. The minimum absolute atomic E-state index is 0.0992. The molecule has 0 aliphatic carbocycles. The Balaban J connectivity index is 2.16. The molecule has 1 heterocycles. The van der Waals surface area contributed by atoms with Gasteiger partial charge in [0.05, 0.1) is 6.61 Å². The first-order valence-corrected chi connectivity index (χ1v) is 6.79. The first-order valence-electron chi connectivity index (χ1n) is 6.79. The molecular weight excluding hydrogens is 268 g/mol. The maximum absolute atomic E-state index is 11.8. The van der Waals surface area contributed by atoms with Crippen molar-refractivity contribution in [2.45, 2.75) is 52.0 Å². The molecular formula is C13H23F2N3O2. The molecule has 20 heavy (non-hydrogen) atoms. The molecule has 0 spiro atoms. The number of ether oxygens (including phenoxy) is 1. The second kappa shape index (κ2) is 8.26. The van der Waals surface area contributed by atoms with E-state index in [4.69, 9.17) is 9.15 Å². The van der Waals surface area contributed by atoms with Crippen LogP contribution >= 0.6 is 0 Å². The van der Waals surface area contributed by atoms with Crippen molar-refractivity contribution >= 4 is 0 Å². The van der Waals surface area contributed by atoms with Gasteiger partial charge in [-0.15, -0.1) is 10.2 Å². The van der Waals surface area contributed by atoms with E-state index in [9.17, 15) is 8.78 Å². The van der Waals surface area contributed by atoms with Gasteiger partial charge in [0.15, 0.2) is 0 Å². The molecule has 0 fully saturated rings. The predicted octanol–water partition coefficient (Wildman–Crippen LogP) is 2.21. The zero-order valence-electron chi connectivity index (χ0n) is 12.3. The molecule has 1 N–H and O–H groups in total. The number of alkyl halides is 2. The highest BCUT2D eigenvalue weighted by molar-refractivity contribution is 4.83. The molecule has 116 valence electrons. The van der Waals surface area contributed by atoms with Crippen LogP contribution in [-0.2, 0) is 17.6 Å². The molecule has 0 saturated carbocycles. The molecule has 0 radical (unpaired) electrons. The third-order valence-corrected chi connectivity index (χ3v) is 2.44. The molecule has 7 heteroatoms. The van der Waals surface area contributed by atoms with Crippen LogP contribution in [-0.4, -0.2) is 41.9 Å². The number of nitrogens with zero attached hydrogens (tertiary/aromatic N) is 2. The molecule has 1 aromatic heterocycles. The third kappa shape index (κ3) is 8.16. The summed E-state index contributed by atoms with van der Waals surface area (Å²) in [5.41, 5.74) is 0.0992. The molecule has 0 aliphatic heterocycles. The Labute approximate surface area is 118 Å². The number of aromatic nitrogens is 2. The van der Waals surface area contributed by atoms with Crippen LogP contribution < -0.4 is 5.32 Å². The second-order valence-corrected chi connectivity index (χ2v) is 5.59. The summed E-state index contributed by atoms with van der Waals surface area (Å²) in [6.45, 7) is 6.81. The highest BCUT2D eigenvalue weighted by Gasteiger charge is 2.10. The van der Waals surface area contributed by atoms with E-state index in [1.165, 1.54) is 0 Å². The van der Waals surface area contributed by atoms with Gasteiger partial charge < -0.3 is 14.5 Å². The van der Waals surface area contributed by atoms with Crippen molar-refractivity contribution in [1.29, 1.82) is 0 Å². The molecule has 1 rings (SSSR count). The van der Waals surface area contributed by atoms with E-state index < -0.39 is 13.0 Å². The lowest BCUT2D eigenvalue weighted by Gasteiger charge is -2.19. The standard InChI is InChI=1S/C13H23F2N3O2/c1-13(2,3)16-7-4-5-11-17-18-12(20-11)6-8-19-9-10(14)15/h10,16H,4-9H2,1-3H3. The fraction of sp³-hybridized carbons (Fsp3) is 0.846. The summed E-state index contributed by atoms with van der Waals surface area (Å²) in [7, 11) is 0. The third-order valence-electron chi connectivity index (χ3n) is 2.44. The van der Waals surface area contributed by atoms with Crippen molar-refractivity contribution in [3.63, 3.8) is 0 Å². The Morgan fingerprint density at radius 2 is 1.85 bits per heavy atom. The van der Waals surface area contributed by atoms with E-state index in [1.54, 1.807) is 0 Å². The topological polar surface area (TPSA) is 60.2 Å². The molecule has 5 nitrogen and oxygen atoms in total. The van der Waals surface area contributed by atoms with Gasteiger partial charge in [0.2, 0.25) is 11.8 Å². The van der Waals surface area contributed by atoms with Gasteiger partial charge >= 0.3 is 0 Å². The number of halogens is 2. The van der Waals surface area contributed by atoms with Crippen LogP contribution in [0.25, 0.3) is 0 Å². The maximum Gasteiger partial charge on any atom is 0.261 e. The van der Waals surface area contributed by atoms with Gasteiger partial charge in [-0.1, -0.05) is 0 Å². The predicted molar refractivity (Wildman–Crippen MR) is 70.9 cm³/mol. The average molecular weight is 291 g/mol. The number of hydrogen-bond acceptors (Lipinski definition) is 5. The number of rotatable bonds is 9. The van der Waals surface area contributed by atoms with Crippen molar-refractivity contribution in [3.8, 4) is 0 Å². The van der Waals surface area contributed by atoms with Gasteiger partial charge in [-0.3, -0.25) is 0 Å². The minimum atomic E-state index is -2.44. The number of aryl methyl sites for hydroxylation is 1. The van der Waals surface area contributed by atoms with E-state index in [2.05, 4.69) is 36.3 Å². The molecule has 0 unspecified atom stereocenters. The molecule has 0 atom stereocenters. The van der Waals surface area contributed by atoms with Gasteiger partial charge in [-0.05, 0) is 33.7 Å². The fourth-order valence-electron chi connectivity index (χ4n) is 1.53. The summed E-state index contributed by atoms with van der Waals surface area (Å²) in [4.78, 5) is 0. The van der Waals surface area contributed by atoms with Crippen molar-refractivity contribution in [2.24, 2.45) is 0 Å². The van der Waals surface area contributed by atoms with Gasteiger partial charge in [-0.25, -0.2) is 8.78 Å². The van der Waals surface area contributed by atoms with Gasteiger partial charge in [0, 0.05) is 18.4 Å². The SMILES string of the molecule is CC(C)(C)NCCCc1nnc(CCOCC(F)F)o1. The van der Waals surface area contributed by atoms with Gasteiger partial charge in [0.1, 0.15) is 6.61 Å². The zero-order chi connectivity index (χ0) is 15.0. The van der Waals surface area contributed by atoms with Crippen molar-refractivity contribution in [3.05, 3.63) is 11.8 Å². The van der Waals surface area contributed by atoms with Crippen molar-refractivity contribution in [2.75, 3.05) is 19.8 Å². The van der Waals surface area contributed by atoms with Crippen LogP contribution in [0.1, 0.15) is 39.0 Å². The first kappa shape index (κ1) is 17.0. The minimum Gasteiger partial charge on any atom is -0.425 e. The maximum atomic E-state index is 11.8. The summed E-state index contributed by atoms with van der Waals surface area (Å²) < 4.78 is 33.8. The monoisotopic (exact) mass is 291 g/mol. The van der Waals surface area contributed by atoms with Crippen molar-refractivity contribution in [1.82, 2.24) is 15.5 Å². The normalized spacial score (nSPS) is 12.3. The summed E-state index contributed by atoms with van der Waals surface area (Å²) in [6.07, 6.45) is -0.474. The summed E-state index contributed by atoms with van der Waals surface area (Å²) in [5, 5.41) is 11.1. The first-order chi connectivity index (χ1) is 9.37. The lowest BCUT2D eigenvalue weighted by atomic mass is 10.1. The van der Waals surface area contributed by atoms with Crippen molar-refractivity contribution < 1.29 is 17.9 Å². The Kier molecular flexibility index (Phi) is 7.01. The Bertz CT molecular complexity index is 378. The highest BCUT2D eigenvalue weighted by atomic mass is 19.3. The largest absolute Gasteiger partial charge is 0.425 e. The molecule has 0 bridgehead atoms. The summed E-state index contributed by atoms with van der Waals surface area (Å²) in [5.74, 6) is 1.00. The Hall–Kier alpha value is -1.08. The molecule has 0 aliphatic rings. The molecule has 0 saturated heterocycles. The van der Waals surface area contributed by atoms with Gasteiger partial charge in [0.25, 0.3) is 6.43 Å². The molecule has 0 aromatic carbocycles. The number of nitrogens with one attached hydrogen (secondary N) is 1. The van der Waals surface area contributed by atoms with Crippen LogP contribution in [0.2, 0.25) is 0 Å². The Morgan fingerprint density at radius 1 is 1.20 bits per heavy atom. The van der Waals surface area contributed by atoms with E-state index in [1.807, 2.05) is 0 Å². The van der Waals surface area contributed by atoms with E-state index in [-0.39, 0.29) is 12.1 Å². The van der Waals surface area contributed by atoms with Crippen LogP contribution in [0.3, 0.4) is 0 Å². The van der Waals surface area contributed by atoms with Crippen LogP contribution in [0, 0.1) is 0 Å². The summed E-state index contributed by atoms with van der Waals surface area (Å²) in [6, 6.07) is 0. The van der Waals surface area contributed by atoms with Gasteiger partial charge in [-0.2, -0.15) is 0 Å². The van der Waals surface area contributed by atoms with Crippen LogP contribution in [0.5, 0.6) is 0 Å². The van der Waals surface area contributed by atoms with E-state index >= 15 is 0 Å². The van der Waals surface area contributed by atoms with Crippen LogP contribution in [0.4, 0.5) is 8.78 Å². The smallest absolute Gasteiger partial charge is 0.261 e. The molecule has 0 amide bonds. The van der Waals surface area contributed by atoms with Crippen LogP contribution in [0.15, 0.2) is 4.42 Å². The quantitative estimate of drug-likeness (QED) is 0.707. The van der Waals surface area contributed by atoms with E-state index in [0.29, 0.717) is 24.6 Å². The average Bonchev–Trinajstić information content (AvgIpc) is 2.77. The van der Waals surface area contributed by atoms with E-state index in [0.717, 1.165) is 13.0 Å². The highest BCUT2D eigenvalue weighted by Crippen LogP contribution is 2.05. The zero-order valence-corrected chi connectivity index (χ0v) is 12.3.